The largest absolute Gasteiger partial charge is 0.497 e. The topological polar surface area (TPSA) is 65.7 Å². The number of methoxy groups -OCH3 is 2. The van der Waals surface area contributed by atoms with E-state index in [-0.39, 0.29) is 0 Å². The number of aromatic amines is 1. The number of benzene rings is 2. The lowest BCUT2D eigenvalue weighted by atomic mass is 10.2. The Morgan fingerprint density at radius 2 is 1.83 bits per heavy atom. The van der Waals surface area contributed by atoms with Crippen LogP contribution in [-0.4, -0.2) is 42.6 Å². The molecular formula is C21H27N4O3S+. The van der Waals surface area contributed by atoms with Gasteiger partial charge in [0.25, 0.3) is 0 Å². The fourth-order valence-electron chi connectivity index (χ4n) is 3.11. The third-order valence-corrected chi connectivity index (χ3v) is 4.82. The molecule has 29 heavy (non-hydrogen) atoms. The van der Waals surface area contributed by atoms with Crippen LogP contribution in [0.25, 0.3) is 11.4 Å². The van der Waals surface area contributed by atoms with Gasteiger partial charge in [-0.25, -0.2) is 4.68 Å². The second-order valence-electron chi connectivity index (χ2n) is 6.72. The van der Waals surface area contributed by atoms with E-state index in [1.807, 2.05) is 48.0 Å². The molecule has 2 aromatic carbocycles. The molecule has 8 heteroatoms. The lowest BCUT2D eigenvalue weighted by molar-refractivity contribution is -0.917. The molecular weight excluding hydrogens is 388 g/mol. The van der Waals surface area contributed by atoms with Crippen LogP contribution in [0.4, 0.5) is 0 Å². The molecule has 0 aliphatic rings. The predicted octanol–water partition coefficient (Wildman–Crippen LogP) is 2.70. The number of ether oxygens (including phenoxy) is 3. The highest BCUT2D eigenvalue weighted by Crippen LogP contribution is 2.27. The molecule has 3 aromatic rings. The van der Waals surface area contributed by atoms with E-state index in [1.165, 1.54) is 4.90 Å². The summed E-state index contributed by atoms with van der Waals surface area (Å²) < 4.78 is 18.6. The summed E-state index contributed by atoms with van der Waals surface area (Å²) in [6.45, 7) is 4.04. The van der Waals surface area contributed by atoms with Gasteiger partial charge in [0.1, 0.15) is 12.3 Å². The molecule has 3 rings (SSSR count). The molecule has 1 atom stereocenters. The Balaban J connectivity index is 1.70. The number of nitrogens with one attached hydrogen (secondary N) is 2. The SMILES string of the molecule is CCOc1ccc(C[NH+](C)Cn2[nH]c(-c3ccc(OC)cc3)nc2=S)cc1OC. The van der Waals surface area contributed by atoms with Gasteiger partial charge in [0.2, 0.25) is 4.77 Å². The standard InChI is InChI=1S/C21H26N4O3S/c1-5-28-18-11-6-15(12-19(18)27-4)13-24(2)14-25-21(29)22-20(23-25)16-7-9-17(26-3)10-8-16/h6-12H,5,13-14H2,1-4H3,(H,22,23,29)/p+1. The highest BCUT2D eigenvalue weighted by atomic mass is 32.1. The summed E-state index contributed by atoms with van der Waals surface area (Å²) >= 11 is 5.44. The molecule has 0 spiro atoms. The van der Waals surface area contributed by atoms with Gasteiger partial charge in [-0.3, -0.25) is 5.10 Å². The van der Waals surface area contributed by atoms with Crippen LogP contribution in [0.5, 0.6) is 17.2 Å². The molecule has 0 saturated heterocycles. The molecule has 0 aliphatic carbocycles. The van der Waals surface area contributed by atoms with Crippen molar-refractivity contribution in [2.75, 3.05) is 27.9 Å². The van der Waals surface area contributed by atoms with Crippen LogP contribution in [0.1, 0.15) is 12.5 Å². The Kier molecular flexibility index (Phi) is 6.90. The van der Waals surface area contributed by atoms with Crippen molar-refractivity contribution in [1.82, 2.24) is 14.8 Å². The van der Waals surface area contributed by atoms with Crippen LogP contribution in [0.2, 0.25) is 0 Å². The zero-order valence-corrected chi connectivity index (χ0v) is 18.0. The summed E-state index contributed by atoms with van der Waals surface area (Å²) in [6, 6.07) is 13.8. The molecule has 1 aromatic heterocycles. The number of rotatable bonds is 9. The molecule has 0 bridgehead atoms. The van der Waals surface area contributed by atoms with Gasteiger partial charge >= 0.3 is 0 Å². The molecule has 0 saturated carbocycles. The van der Waals surface area contributed by atoms with Gasteiger partial charge in [-0.1, -0.05) is 0 Å². The van der Waals surface area contributed by atoms with Crippen molar-refractivity contribution < 1.29 is 19.1 Å². The highest BCUT2D eigenvalue weighted by Gasteiger charge is 2.12. The van der Waals surface area contributed by atoms with E-state index >= 15 is 0 Å². The fraction of sp³-hybridized carbons (Fsp3) is 0.333. The molecule has 2 N–H and O–H groups in total. The molecule has 0 radical (unpaired) electrons. The number of hydrogen-bond acceptors (Lipinski definition) is 5. The monoisotopic (exact) mass is 415 g/mol. The van der Waals surface area contributed by atoms with E-state index in [1.54, 1.807) is 14.2 Å². The second-order valence-corrected chi connectivity index (χ2v) is 7.09. The molecule has 7 nitrogen and oxygen atoms in total. The van der Waals surface area contributed by atoms with Gasteiger partial charge < -0.3 is 19.1 Å². The van der Waals surface area contributed by atoms with Crippen molar-refractivity contribution in [3.8, 4) is 28.6 Å². The van der Waals surface area contributed by atoms with E-state index in [0.717, 1.165) is 40.7 Å². The fourth-order valence-corrected chi connectivity index (χ4v) is 3.31. The van der Waals surface area contributed by atoms with Gasteiger partial charge in [-0.15, -0.1) is 0 Å². The van der Waals surface area contributed by atoms with Crippen LogP contribution in [0.15, 0.2) is 42.5 Å². The van der Waals surface area contributed by atoms with Crippen molar-refractivity contribution in [2.24, 2.45) is 0 Å². The minimum absolute atomic E-state index is 0.527. The first-order valence-electron chi connectivity index (χ1n) is 9.46. The van der Waals surface area contributed by atoms with Gasteiger partial charge in [0.05, 0.1) is 27.9 Å². The lowest BCUT2D eigenvalue weighted by Gasteiger charge is -2.16. The highest BCUT2D eigenvalue weighted by molar-refractivity contribution is 7.71. The quantitative estimate of drug-likeness (QED) is 0.526. The van der Waals surface area contributed by atoms with E-state index < -0.39 is 0 Å². The Labute approximate surface area is 175 Å². The first-order chi connectivity index (χ1) is 14.0. The average molecular weight is 416 g/mol. The molecule has 0 aliphatic heterocycles. The average Bonchev–Trinajstić information content (AvgIpc) is 3.09. The minimum Gasteiger partial charge on any atom is -0.497 e. The predicted molar refractivity (Wildman–Crippen MR) is 114 cm³/mol. The van der Waals surface area contributed by atoms with Gasteiger partial charge in [-0.2, -0.15) is 4.98 Å². The minimum atomic E-state index is 0.527. The van der Waals surface area contributed by atoms with E-state index in [9.17, 15) is 0 Å². The molecule has 154 valence electrons. The van der Waals surface area contributed by atoms with Gasteiger partial charge in [0.15, 0.2) is 24.0 Å². The van der Waals surface area contributed by atoms with Crippen molar-refractivity contribution in [3.63, 3.8) is 0 Å². The van der Waals surface area contributed by atoms with E-state index in [4.69, 9.17) is 26.4 Å². The number of quaternary nitrogens is 1. The first-order valence-corrected chi connectivity index (χ1v) is 9.87. The zero-order chi connectivity index (χ0) is 20.8. The zero-order valence-electron chi connectivity index (χ0n) is 17.2. The first kappa shape index (κ1) is 20.9. The summed E-state index contributed by atoms with van der Waals surface area (Å²) in [5, 5.41) is 3.30. The molecule has 0 fully saturated rings. The van der Waals surface area contributed by atoms with Crippen LogP contribution in [-0.2, 0) is 13.2 Å². The Hall–Kier alpha value is -2.84. The smallest absolute Gasteiger partial charge is 0.221 e. The van der Waals surface area contributed by atoms with Crippen LogP contribution in [0.3, 0.4) is 0 Å². The number of aromatic nitrogens is 3. The Morgan fingerprint density at radius 1 is 1.07 bits per heavy atom. The third-order valence-electron chi connectivity index (χ3n) is 4.50. The normalized spacial score (nSPS) is 11.9. The Bertz CT molecular complexity index is 998. The molecule has 1 heterocycles. The Morgan fingerprint density at radius 3 is 2.48 bits per heavy atom. The summed E-state index contributed by atoms with van der Waals surface area (Å²) in [7, 11) is 5.41. The number of nitrogens with zero attached hydrogens (tertiary/aromatic N) is 2. The number of H-pyrrole nitrogens is 1. The maximum atomic E-state index is 5.59. The summed E-state index contributed by atoms with van der Waals surface area (Å²) in [5.41, 5.74) is 2.12. The summed E-state index contributed by atoms with van der Waals surface area (Å²) in [5.74, 6) is 3.06. The maximum Gasteiger partial charge on any atom is 0.221 e. The van der Waals surface area contributed by atoms with Crippen molar-refractivity contribution >= 4 is 12.2 Å². The second kappa shape index (κ2) is 9.58. The van der Waals surface area contributed by atoms with Crippen LogP contribution < -0.4 is 19.1 Å². The summed E-state index contributed by atoms with van der Waals surface area (Å²) in [6.07, 6.45) is 0. The third kappa shape index (κ3) is 5.16. The molecule has 1 unspecified atom stereocenters. The molecule has 0 amide bonds. The summed E-state index contributed by atoms with van der Waals surface area (Å²) in [4.78, 5) is 5.73. The van der Waals surface area contributed by atoms with Crippen LogP contribution in [0, 0.1) is 4.77 Å². The van der Waals surface area contributed by atoms with Crippen molar-refractivity contribution in [1.29, 1.82) is 0 Å². The van der Waals surface area contributed by atoms with Crippen molar-refractivity contribution in [3.05, 3.63) is 52.8 Å². The van der Waals surface area contributed by atoms with Crippen LogP contribution >= 0.6 is 12.2 Å². The van der Waals surface area contributed by atoms with Gasteiger partial charge in [0, 0.05) is 11.1 Å². The van der Waals surface area contributed by atoms with Crippen molar-refractivity contribution in [2.45, 2.75) is 20.1 Å². The lowest BCUT2D eigenvalue weighted by Crippen LogP contribution is -3.07. The van der Waals surface area contributed by atoms with Gasteiger partial charge in [-0.05, 0) is 61.6 Å². The van der Waals surface area contributed by atoms with E-state index in [2.05, 4.69) is 23.2 Å². The number of hydrogen-bond donors (Lipinski definition) is 2. The maximum absolute atomic E-state index is 5.59. The van der Waals surface area contributed by atoms with E-state index in [0.29, 0.717) is 18.0 Å².